The third-order valence-corrected chi connectivity index (χ3v) is 5.02. The van der Waals surface area contributed by atoms with Gasteiger partial charge in [0.25, 0.3) is 5.91 Å². The lowest BCUT2D eigenvalue weighted by molar-refractivity contribution is 0.0759. The van der Waals surface area contributed by atoms with E-state index in [-0.39, 0.29) is 24.2 Å². The number of aromatic nitrogens is 3. The molecule has 3 aromatic rings. The van der Waals surface area contributed by atoms with Crippen molar-refractivity contribution >= 4 is 16.8 Å². The molecule has 6 nitrogen and oxygen atoms in total. The summed E-state index contributed by atoms with van der Waals surface area (Å²) in [6.07, 6.45) is 4.85. The van der Waals surface area contributed by atoms with Crippen molar-refractivity contribution in [3.05, 3.63) is 59.6 Å². The zero-order chi connectivity index (χ0) is 18.3. The summed E-state index contributed by atoms with van der Waals surface area (Å²) >= 11 is 0. The summed E-state index contributed by atoms with van der Waals surface area (Å²) in [5, 5.41) is 11.1. The van der Waals surface area contributed by atoms with Gasteiger partial charge in [0, 0.05) is 48.5 Å². The molecule has 0 unspecified atom stereocenters. The first kappa shape index (κ1) is 16.7. The van der Waals surface area contributed by atoms with Gasteiger partial charge in [0.2, 0.25) is 0 Å². The third kappa shape index (κ3) is 2.94. The van der Waals surface area contributed by atoms with Crippen molar-refractivity contribution in [3.8, 4) is 0 Å². The van der Waals surface area contributed by atoms with Crippen LogP contribution in [0.3, 0.4) is 0 Å². The summed E-state index contributed by atoms with van der Waals surface area (Å²) in [4.78, 5) is 25.9. The predicted molar refractivity (Wildman–Crippen MR) is 94.1 cm³/mol. The number of H-pyrrole nitrogens is 1. The molecule has 7 heteroatoms. The number of hydrogen-bond acceptors (Lipinski definition) is 4. The summed E-state index contributed by atoms with van der Waals surface area (Å²) in [6.45, 7) is 2.52. The number of aliphatic hydroxyl groups is 1. The van der Waals surface area contributed by atoms with Crippen LogP contribution in [-0.2, 0) is 6.42 Å². The van der Waals surface area contributed by atoms with E-state index in [1.807, 2.05) is 0 Å². The lowest BCUT2D eigenvalue weighted by Crippen LogP contribution is -2.30. The van der Waals surface area contributed by atoms with Crippen molar-refractivity contribution < 1.29 is 14.3 Å². The molecule has 0 aliphatic carbocycles. The van der Waals surface area contributed by atoms with Gasteiger partial charge in [-0.25, -0.2) is 4.39 Å². The summed E-state index contributed by atoms with van der Waals surface area (Å²) in [5.41, 5.74) is 2.68. The standard InChI is InChI=1S/C19H19FN4O2/c1-11-15-7-13(20)2-3-16(15)23-18(11)19(26)24-9-12(17(25)10-24)6-14-8-21-4-5-22-14/h2-5,7-8,12,17,23,25H,6,9-10H2,1H3/t12-,17-/m1/s1. The van der Waals surface area contributed by atoms with Crippen LogP contribution >= 0.6 is 0 Å². The van der Waals surface area contributed by atoms with E-state index in [1.165, 1.54) is 12.1 Å². The number of carbonyl (C=O) groups is 1. The van der Waals surface area contributed by atoms with Gasteiger partial charge in [-0.3, -0.25) is 14.8 Å². The molecule has 3 heterocycles. The molecule has 2 atom stereocenters. The van der Waals surface area contributed by atoms with Gasteiger partial charge in [0.1, 0.15) is 11.5 Å². The van der Waals surface area contributed by atoms with Gasteiger partial charge in [-0.05, 0) is 37.1 Å². The van der Waals surface area contributed by atoms with E-state index >= 15 is 0 Å². The molecule has 0 radical (unpaired) electrons. The number of benzene rings is 1. The molecule has 134 valence electrons. The number of halogens is 1. The van der Waals surface area contributed by atoms with Crippen LogP contribution in [0.5, 0.6) is 0 Å². The second-order valence-corrected chi connectivity index (χ2v) is 6.75. The maximum Gasteiger partial charge on any atom is 0.270 e. The number of amides is 1. The Kier molecular flexibility index (Phi) is 4.16. The Balaban J connectivity index is 1.55. The summed E-state index contributed by atoms with van der Waals surface area (Å²) in [5.74, 6) is -0.600. The maximum absolute atomic E-state index is 13.5. The highest BCUT2D eigenvalue weighted by Crippen LogP contribution is 2.27. The Morgan fingerprint density at radius 1 is 1.38 bits per heavy atom. The van der Waals surface area contributed by atoms with Gasteiger partial charge in [-0.1, -0.05) is 0 Å². The summed E-state index contributed by atoms with van der Waals surface area (Å²) in [7, 11) is 0. The van der Waals surface area contributed by atoms with Gasteiger partial charge < -0.3 is 15.0 Å². The van der Waals surface area contributed by atoms with E-state index in [0.717, 1.165) is 16.8 Å². The van der Waals surface area contributed by atoms with E-state index in [4.69, 9.17) is 0 Å². The number of fused-ring (bicyclic) bond motifs is 1. The molecule has 0 saturated carbocycles. The normalized spacial score (nSPS) is 20.0. The zero-order valence-corrected chi connectivity index (χ0v) is 14.3. The monoisotopic (exact) mass is 354 g/mol. The molecule has 1 amide bonds. The molecule has 0 spiro atoms. The molecular weight excluding hydrogens is 335 g/mol. The first-order valence-electron chi connectivity index (χ1n) is 8.53. The molecule has 2 aromatic heterocycles. The number of likely N-dealkylation sites (tertiary alicyclic amines) is 1. The number of nitrogens with zero attached hydrogens (tertiary/aromatic N) is 3. The number of hydrogen-bond donors (Lipinski definition) is 2. The van der Waals surface area contributed by atoms with E-state index < -0.39 is 6.10 Å². The molecule has 1 fully saturated rings. The number of nitrogens with one attached hydrogen (secondary N) is 1. The van der Waals surface area contributed by atoms with Crippen LogP contribution in [0, 0.1) is 18.7 Å². The van der Waals surface area contributed by atoms with E-state index in [0.29, 0.717) is 24.0 Å². The van der Waals surface area contributed by atoms with Crippen molar-refractivity contribution in [1.29, 1.82) is 0 Å². The molecule has 1 aromatic carbocycles. The van der Waals surface area contributed by atoms with E-state index in [9.17, 15) is 14.3 Å². The second-order valence-electron chi connectivity index (χ2n) is 6.75. The van der Waals surface area contributed by atoms with Crippen LogP contribution in [0.4, 0.5) is 4.39 Å². The van der Waals surface area contributed by atoms with Gasteiger partial charge in [-0.2, -0.15) is 0 Å². The number of rotatable bonds is 3. The van der Waals surface area contributed by atoms with Gasteiger partial charge in [-0.15, -0.1) is 0 Å². The average molecular weight is 354 g/mol. The van der Waals surface area contributed by atoms with Crippen LogP contribution in [0.15, 0.2) is 36.8 Å². The molecule has 1 saturated heterocycles. The van der Waals surface area contributed by atoms with Crippen molar-refractivity contribution in [2.24, 2.45) is 5.92 Å². The minimum Gasteiger partial charge on any atom is -0.391 e. The van der Waals surface area contributed by atoms with Crippen LogP contribution in [0.1, 0.15) is 21.7 Å². The minimum absolute atomic E-state index is 0.0854. The Morgan fingerprint density at radius 3 is 3.00 bits per heavy atom. The molecule has 26 heavy (non-hydrogen) atoms. The molecule has 2 N–H and O–H groups in total. The topological polar surface area (TPSA) is 82.1 Å². The highest BCUT2D eigenvalue weighted by molar-refractivity contribution is 6.01. The Labute approximate surface area is 149 Å². The van der Waals surface area contributed by atoms with Gasteiger partial charge in [0.15, 0.2) is 0 Å². The fourth-order valence-electron chi connectivity index (χ4n) is 3.60. The number of carbonyl (C=O) groups excluding carboxylic acids is 1. The maximum atomic E-state index is 13.5. The summed E-state index contributed by atoms with van der Waals surface area (Å²) < 4.78 is 13.5. The quantitative estimate of drug-likeness (QED) is 0.754. The van der Waals surface area contributed by atoms with Crippen LogP contribution in [0.2, 0.25) is 0 Å². The lowest BCUT2D eigenvalue weighted by Gasteiger charge is -2.15. The largest absolute Gasteiger partial charge is 0.391 e. The van der Waals surface area contributed by atoms with Crippen LogP contribution in [-0.4, -0.2) is 50.1 Å². The first-order valence-corrected chi connectivity index (χ1v) is 8.53. The number of aromatic amines is 1. The minimum atomic E-state index is -0.608. The molecular formula is C19H19FN4O2. The van der Waals surface area contributed by atoms with E-state index in [1.54, 1.807) is 36.5 Å². The van der Waals surface area contributed by atoms with Crippen LogP contribution < -0.4 is 0 Å². The molecule has 0 bridgehead atoms. The molecule has 1 aliphatic rings. The smallest absolute Gasteiger partial charge is 0.270 e. The number of β-amino-alcohol motifs (C(OH)–C–C–N with tert-alkyl or cyclic N) is 1. The van der Waals surface area contributed by atoms with Crippen molar-refractivity contribution in [2.45, 2.75) is 19.4 Å². The number of aliphatic hydroxyl groups excluding tert-OH is 1. The molecule has 4 rings (SSSR count). The van der Waals surface area contributed by atoms with Crippen molar-refractivity contribution in [1.82, 2.24) is 19.9 Å². The van der Waals surface area contributed by atoms with Crippen molar-refractivity contribution in [3.63, 3.8) is 0 Å². The summed E-state index contributed by atoms with van der Waals surface area (Å²) in [6, 6.07) is 4.42. The Morgan fingerprint density at radius 2 is 2.23 bits per heavy atom. The van der Waals surface area contributed by atoms with Gasteiger partial charge >= 0.3 is 0 Å². The average Bonchev–Trinajstić information content (AvgIpc) is 3.16. The van der Waals surface area contributed by atoms with Crippen LogP contribution in [0.25, 0.3) is 10.9 Å². The number of aryl methyl sites for hydroxylation is 1. The van der Waals surface area contributed by atoms with Gasteiger partial charge in [0.05, 0.1) is 11.8 Å². The third-order valence-electron chi connectivity index (χ3n) is 5.02. The van der Waals surface area contributed by atoms with E-state index in [2.05, 4.69) is 15.0 Å². The second kappa shape index (κ2) is 6.49. The Hall–Kier alpha value is -2.80. The Bertz CT molecular complexity index is 957. The predicted octanol–water partition coefficient (Wildman–Crippen LogP) is 2.08. The fourth-order valence-corrected chi connectivity index (χ4v) is 3.60. The molecule has 1 aliphatic heterocycles. The lowest BCUT2D eigenvalue weighted by atomic mass is 10.0. The zero-order valence-electron chi connectivity index (χ0n) is 14.3. The van der Waals surface area contributed by atoms with Crippen molar-refractivity contribution in [2.75, 3.05) is 13.1 Å². The fraction of sp³-hybridized carbons (Fsp3) is 0.316. The first-order chi connectivity index (χ1) is 12.5. The SMILES string of the molecule is Cc1c(C(=O)N2C[C@@H](Cc3cnccn3)[C@H](O)C2)[nH]c2ccc(F)cc12. The highest BCUT2D eigenvalue weighted by atomic mass is 19.1. The highest BCUT2D eigenvalue weighted by Gasteiger charge is 2.35.